The zero-order valence-electron chi connectivity index (χ0n) is 13.4. The van der Waals surface area contributed by atoms with Crippen LogP contribution >= 0.6 is 15.9 Å². The molecule has 1 aromatic carbocycles. The first-order chi connectivity index (χ1) is 12.6. The van der Waals surface area contributed by atoms with Crippen molar-refractivity contribution in [2.24, 2.45) is 4.99 Å². The average Bonchev–Trinajstić information content (AvgIpc) is 3.01. The fourth-order valence-corrected chi connectivity index (χ4v) is 3.16. The summed E-state index contributed by atoms with van der Waals surface area (Å²) in [5, 5.41) is 6.51. The van der Waals surface area contributed by atoms with Gasteiger partial charge in [-0.3, -0.25) is 4.99 Å². The molecular weight excluding hydrogens is 408 g/mol. The van der Waals surface area contributed by atoms with Crippen LogP contribution in [0.2, 0.25) is 0 Å². The summed E-state index contributed by atoms with van der Waals surface area (Å²) in [5.74, 6) is -1.33. The zero-order valence-corrected chi connectivity index (χ0v) is 15.0. The van der Waals surface area contributed by atoms with Crippen LogP contribution in [0.1, 0.15) is 6.42 Å². The van der Waals surface area contributed by atoms with Gasteiger partial charge in [0.15, 0.2) is 23.3 Å². The molecule has 1 aliphatic rings. The van der Waals surface area contributed by atoms with Crippen LogP contribution in [-0.2, 0) is 0 Å². The molecule has 0 atom stereocenters. The summed E-state index contributed by atoms with van der Waals surface area (Å²) >= 11 is 3.37. The van der Waals surface area contributed by atoms with Gasteiger partial charge in [-0.25, -0.2) is 13.8 Å². The minimum Gasteiger partial charge on any atom is -0.450 e. The van der Waals surface area contributed by atoms with Crippen molar-refractivity contribution in [2.45, 2.75) is 6.42 Å². The lowest BCUT2D eigenvalue weighted by atomic mass is 10.2. The summed E-state index contributed by atoms with van der Waals surface area (Å²) in [4.78, 5) is 11.3. The molecule has 6 nitrogen and oxygen atoms in total. The second-order valence-electron chi connectivity index (χ2n) is 5.68. The van der Waals surface area contributed by atoms with Crippen LogP contribution in [0.25, 0.3) is 11.0 Å². The standard InChI is InChI=1S/C17H14BrF2N5O/c18-10-8-24-16-14(10)13(2-5-21-16)26-15-11(19)6-9(7-12(15)20)25-17-22-3-1-4-23-17/h2,5-8H,1,3-4H2,(H,21,24)(H2,22,23,25). The molecule has 3 aromatic rings. The number of ether oxygens (including phenoxy) is 1. The normalized spacial score (nSPS) is 14.0. The molecule has 9 heteroatoms. The molecule has 0 aliphatic carbocycles. The zero-order chi connectivity index (χ0) is 18.1. The van der Waals surface area contributed by atoms with Crippen LogP contribution in [0, 0.1) is 11.6 Å². The Balaban J connectivity index is 1.64. The Bertz CT molecular complexity index is 981. The molecule has 26 heavy (non-hydrogen) atoms. The average molecular weight is 422 g/mol. The summed E-state index contributed by atoms with van der Waals surface area (Å²) in [6, 6.07) is 3.89. The van der Waals surface area contributed by atoms with E-state index >= 15 is 0 Å². The van der Waals surface area contributed by atoms with Crippen LogP contribution in [0.15, 0.2) is 40.1 Å². The number of aromatic nitrogens is 2. The van der Waals surface area contributed by atoms with Crippen LogP contribution in [0.5, 0.6) is 11.5 Å². The number of hydrogen-bond donors (Lipinski definition) is 3. The molecule has 0 fully saturated rings. The Labute approximate surface area is 155 Å². The molecule has 0 bridgehead atoms. The second kappa shape index (κ2) is 6.91. The highest BCUT2D eigenvalue weighted by atomic mass is 79.9. The molecule has 0 radical (unpaired) electrons. The summed E-state index contributed by atoms with van der Waals surface area (Å²) in [7, 11) is 0. The number of hydrogen-bond acceptors (Lipinski definition) is 5. The molecule has 134 valence electrons. The number of nitrogens with zero attached hydrogens (tertiary/aromatic N) is 2. The molecule has 0 unspecified atom stereocenters. The lowest BCUT2D eigenvalue weighted by molar-refractivity contribution is 0.411. The van der Waals surface area contributed by atoms with E-state index in [-0.39, 0.29) is 5.69 Å². The van der Waals surface area contributed by atoms with Gasteiger partial charge in [-0.15, -0.1) is 0 Å². The highest BCUT2D eigenvalue weighted by molar-refractivity contribution is 9.10. The number of nitrogens with one attached hydrogen (secondary N) is 3. The molecular formula is C17H14BrF2N5O. The predicted molar refractivity (Wildman–Crippen MR) is 98.8 cm³/mol. The number of fused-ring (bicyclic) bond motifs is 1. The third kappa shape index (κ3) is 3.22. The van der Waals surface area contributed by atoms with Gasteiger partial charge >= 0.3 is 0 Å². The van der Waals surface area contributed by atoms with Crippen molar-refractivity contribution < 1.29 is 13.5 Å². The van der Waals surface area contributed by atoms with E-state index in [1.165, 1.54) is 18.3 Å². The number of pyridine rings is 1. The summed E-state index contributed by atoms with van der Waals surface area (Å²) in [6.07, 6.45) is 4.11. The van der Waals surface area contributed by atoms with E-state index < -0.39 is 17.4 Å². The SMILES string of the molecule is Fc1cc(NC2=NCCCN2)cc(F)c1Oc1ccnc2[nH]cc(Br)c12. The molecule has 0 spiro atoms. The summed E-state index contributed by atoms with van der Waals surface area (Å²) < 4.78 is 35.2. The Morgan fingerprint density at radius 2 is 2.04 bits per heavy atom. The van der Waals surface area contributed by atoms with Gasteiger partial charge in [-0.05, 0) is 28.4 Å². The van der Waals surface area contributed by atoms with Crippen molar-refractivity contribution in [2.75, 3.05) is 18.4 Å². The Morgan fingerprint density at radius 3 is 2.77 bits per heavy atom. The Morgan fingerprint density at radius 1 is 1.23 bits per heavy atom. The Kier molecular flexibility index (Phi) is 4.46. The van der Waals surface area contributed by atoms with Crippen LogP contribution < -0.4 is 15.4 Å². The van der Waals surface area contributed by atoms with Crippen molar-refractivity contribution in [1.29, 1.82) is 0 Å². The fraction of sp³-hybridized carbons (Fsp3) is 0.176. The van der Waals surface area contributed by atoms with Gasteiger partial charge in [0.2, 0.25) is 0 Å². The fourth-order valence-electron chi connectivity index (χ4n) is 2.67. The molecule has 0 saturated heterocycles. The van der Waals surface area contributed by atoms with Crippen molar-refractivity contribution >= 4 is 38.6 Å². The van der Waals surface area contributed by atoms with E-state index in [4.69, 9.17) is 4.74 Å². The van der Waals surface area contributed by atoms with Crippen molar-refractivity contribution in [3.8, 4) is 11.5 Å². The van der Waals surface area contributed by atoms with E-state index in [9.17, 15) is 8.78 Å². The molecule has 3 heterocycles. The number of aromatic amines is 1. The van der Waals surface area contributed by atoms with E-state index in [1.807, 2.05) is 0 Å². The molecule has 3 N–H and O–H groups in total. The quantitative estimate of drug-likeness (QED) is 0.593. The maximum atomic E-state index is 14.5. The number of halogens is 3. The highest BCUT2D eigenvalue weighted by Crippen LogP contribution is 2.36. The minimum atomic E-state index is -0.819. The first kappa shape index (κ1) is 16.8. The molecule has 2 aromatic heterocycles. The molecule has 1 aliphatic heterocycles. The summed E-state index contributed by atoms with van der Waals surface area (Å²) in [6.45, 7) is 1.44. The molecule has 0 amide bonds. The highest BCUT2D eigenvalue weighted by Gasteiger charge is 2.17. The number of H-pyrrole nitrogens is 1. The van der Waals surface area contributed by atoms with Gasteiger partial charge in [0, 0.05) is 47.8 Å². The van der Waals surface area contributed by atoms with Gasteiger partial charge in [-0.1, -0.05) is 0 Å². The lowest BCUT2D eigenvalue weighted by Gasteiger charge is -2.17. The maximum absolute atomic E-state index is 14.5. The third-order valence-corrected chi connectivity index (χ3v) is 4.48. The molecule has 0 saturated carbocycles. The first-order valence-corrected chi connectivity index (χ1v) is 8.75. The largest absolute Gasteiger partial charge is 0.450 e. The second-order valence-corrected chi connectivity index (χ2v) is 6.53. The van der Waals surface area contributed by atoms with E-state index in [2.05, 4.69) is 41.5 Å². The van der Waals surface area contributed by atoms with Gasteiger partial charge in [-0.2, -0.15) is 0 Å². The van der Waals surface area contributed by atoms with Gasteiger partial charge < -0.3 is 20.4 Å². The van der Waals surface area contributed by atoms with Crippen molar-refractivity contribution in [3.05, 3.63) is 46.7 Å². The van der Waals surface area contributed by atoms with Crippen molar-refractivity contribution in [1.82, 2.24) is 15.3 Å². The lowest BCUT2D eigenvalue weighted by Crippen LogP contribution is -2.35. The van der Waals surface area contributed by atoms with E-state index in [0.717, 1.165) is 13.0 Å². The third-order valence-electron chi connectivity index (χ3n) is 3.86. The van der Waals surface area contributed by atoms with E-state index in [0.29, 0.717) is 33.8 Å². The number of rotatable bonds is 3. The Hall–Kier alpha value is -2.68. The van der Waals surface area contributed by atoms with E-state index in [1.54, 1.807) is 12.3 Å². The number of anilines is 1. The smallest absolute Gasteiger partial charge is 0.198 e. The maximum Gasteiger partial charge on any atom is 0.198 e. The number of benzene rings is 1. The predicted octanol–water partition coefficient (Wildman–Crippen LogP) is 4.16. The van der Waals surface area contributed by atoms with Crippen LogP contribution in [-0.4, -0.2) is 29.0 Å². The first-order valence-electron chi connectivity index (χ1n) is 7.95. The van der Waals surface area contributed by atoms with Gasteiger partial charge in [0.05, 0.1) is 5.39 Å². The van der Waals surface area contributed by atoms with Gasteiger partial charge in [0.25, 0.3) is 0 Å². The van der Waals surface area contributed by atoms with Gasteiger partial charge in [0.1, 0.15) is 11.4 Å². The monoisotopic (exact) mass is 421 g/mol. The number of aliphatic imine (C=N–C) groups is 1. The van der Waals surface area contributed by atoms with Crippen LogP contribution in [0.3, 0.4) is 0 Å². The van der Waals surface area contributed by atoms with Crippen LogP contribution in [0.4, 0.5) is 14.5 Å². The topological polar surface area (TPSA) is 74.3 Å². The number of guanidine groups is 1. The minimum absolute atomic E-state index is 0.253. The molecule has 4 rings (SSSR count). The summed E-state index contributed by atoms with van der Waals surface area (Å²) in [5.41, 5.74) is 0.804. The van der Waals surface area contributed by atoms with Crippen molar-refractivity contribution in [3.63, 3.8) is 0 Å².